The first-order chi connectivity index (χ1) is 10.6. The molecule has 1 atom stereocenters. The molecule has 0 N–H and O–H groups in total. The molecule has 4 heteroatoms. The van der Waals surface area contributed by atoms with Gasteiger partial charge in [0.05, 0.1) is 12.4 Å². The van der Waals surface area contributed by atoms with Crippen LogP contribution in [-0.4, -0.2) is 24.9 Å². The first-order valence-electron chi connectivity index (χ1n) is 7.64. The maximum Gasteiger partial charge on any atom is 0.210 e. The Labute approximate surface area is 133 Å². The van der Waals surface area contributed by atoms with Crippen LogP contribution in [0.3, 0.4) is 0 Å². The van der Waals surface area contributed by atoms with Crippen LogP contribution in [0, 0.1) is 6.92 Å². The van der Waals surface area contributed by atoms with Crippen molar-refractivity contribution in [2.24, 2.45) is 0 Å². The largest absolute Gasteiger partial charge is 0.496 e. The summed E-state index contributed by atoms with van der Waals surface area (Å²) in [6.45, 7) is 7.56. The predicted molar refractivity (Wildman–Crippen MR) is 94.0 cm³/mol. The normalized spacial score (nSPS) is 13.9. The average molecular weight is 317 g/mol. The summed E-state index contributed by atoms with van der Waals surface area (Å²) in [7, 11) is -1.27. The molecule has 118 valence electrons. The predicted octanol–water partition coefficient (Wildman–Crippen LogP) is 3.57. The molecule has 0 saturated carbocycles. The van der Waals surface area contributed by atoms with Crippen LogP contribution in [0.15, 0.2) is 48.5 Å². The van der Waals surface area contributed by atoms with Crippen LogP contribution in [0.25, 0.3) is 0 Å². The van der Waals surface area contributed by atoms with Gasteiger partial charge in [0.1, 0.15) is 5.75 Å². The topological polar surface area (TPSA) is 29.5 Å². The third kappa shape index (κ3) is 2.97. The molecule has 2 aromatic rings. The van der Waals surface area contributed by atoms with E-state index in [0.717, 1.165) is 29.3 Å². The molecule has 3 nitrogen and oxygen atoms in total. The molecule has 0 aliphatic rings. The number of methoxy groups -OCH3 is 1. The van der Waals surface area contributed by atoms with Gasteiger partial charge < -0.3 is 4.74 Å². The maximum absolute atomic E-state index is 14.1. The number of ether oxygens (including phenoxy) is 1. The Morgan fingerprint density at radius 1 is 1.00 bits per heavy atom. The van der Waals surface area contributed by atoms with Crippen LogP contribution in [0.2, 0.25) is 0 Å². The lowest BCUT2D eigenvalue weighted by molar-refractivity contribution is 0.415. The molecule has 0 aliphatic carbocycles. The summed E-state index contributed by atoms with van der Waals surface area (Å²) in [5.74, 6) is 0.679. The van der Waals surface area contributed by atoms with Crippen molar-refractivity contribution in [1.82, 2.24) is 4.67 Å². The fourth-order valence-corrected chi connectivity index (χ4v) is 5.72. The van der Waals surface area contributed by atoms with E-state index in [1.807, 2.05) is 74.0 Å². The molecule has 0 amide bonds. The van der Waals surface area contributed by atoms with E-state index >= 15 is 0 Å². The summed E-state index contributed by atoms with van der Waals surface area (Å²) in [5.41, 5.74) is 1.16. The lowest BCUT2D eigenvalue weighted by atomic mass is 10.2. The summed E-state index contributed by atoms with van der Waals surface area (Å²) in [5, 5.41) is 1.62. The number of hydrogen-bond acceptors (Lipinski definition) is 2. The van der Waals surface area contributed by atoms with Crippen LogP contribution in [-0.2, 0) is 4.57 Å². The molecule has 1 unspecified atom stereocenters. The molecular weight excluding hydrogens is 293 g/mol. The molecule has 0 heterocycles. The molecule has 0 radical (unpaired) electrons. The van der Waals surface area contributed by atoms with E-state index in [9.17, 15) is 4.57 Å². The summed E-state index contributed by atoms with van der Waals surface area (Å²) < 4.78 is 21.6. The summed E-state index contributed by atoms with van der Waals surface area (Å²) >= 11 is 0. The molecule has 0 aliphatic heterocycles. The van der Waals surface area contributed by atoms with Crippen LogP contribution < -0.4 is 15.3 Å². The van der Waals surface area contributed by atoms with Crippen LogP contribution in [0.4, 0.5) is 0 Å². The minimum atomic E-state index is -2.90. The van der Waals surface area contributed by atoms with E-state index in [4.69, 9.17) is 4.74 Å². The second-order valence-corrected chi connectivity index (χ2v) is 7.94. The number of hydrogen-bond donors (Lipinski definition) is 0. The van der Waals surface area contributed by atoms with Crippen molar-refractivity contribution in [2.75, 3.05) is 20.2 Å². The van der Waals surface area contributed by atoms with E-state index in [1.165, 1.54) is 0 Å². The van der Waals surface area contributed by atoms with Crippen molar-refractivity contribution in [3.05, 3.63) is 54.1 Å². The Balaban J connectivity index is 2.70. The maximum atomic E-state index is 14.1. The van der Waals surface area contributed by atoms with Gasteiger partial charge in [-0.1, -0.05) is 43.7 Å². The van der Waals surface area contributed by atoms with Gasteiger partial charge in [0, 0.05) is 18.4 Å². The number of aryl methyl sites for hydroxylation is 1. The second kappa shape index (κ2) is 7.13. The van der Waals surface area contributed by atoms with Gasteiger partial charge in [-0.3, -0.25) is 4.57 Å². The fourth-order valence-electron chi connectivity index (χ4n) is 2.70. The minimum Gasteiger partial charge on any atom is -0.496 e. The molecule has 2 aromatic carbocycles. The van der Waals surface area contributed by atoms with Gasteiger partial charge in [-0.05, 0) is 31.2 Å². The van der Waals surface area contributed by atoms with E-state index in [1.54, 1.807) is 7.11 Å². The van der Waals surface area contributed by atoms with Crippen molar-refractivity contribution in [3.8, 4) is 5.75 Å². The highest BCUT2D eigenvalue weighted by Gasteiger charge is 2.35. The highest BCUT2D eigenvalue weighted by molar-refractivity contribution is 7.76. The standard InChI is InChI=1S/C18H24NO2P/c1-5-19(6-2)22(20,16-13-11-15(3)12-14-16)18-10-8-7-9-17(18)21-4/h7-14H,5-6H2,1-4H3. The van der Waals surface area contributed by atoms with Gasteiger partial charge in [0.15, 0.2) is 0 Å². The zero-order valence-corrected chi connectivity index (χ0v) is 14.6. The molecule has 0 fully saturated rings. The quantitative estimate of drug-likeness (QED) is 0.763. The van der Waals surface area contributed by atoms with E-state index in [0.29, 0.717) is 5.75 Å². The number of rotatable bonds is 6. The lowest BCUT2D eigenvalue weighted by Crippen LogP contribution is -2.32. The van der Waals surface area contributed by atoms with Gasteiger partial charge in [-0.25, -0.2) is 4.67 Å². The average Bonchev–Trinajstić information content (AvgIpc) is 2.56. The Bertz CT molecular complexity index is 663. The summed E-state index contributed by atoms with van der Waals surface area (Å²) in [4.78, 5) is 0. The zero-order valence-electron chi connectivity index (χ0n) is 13.7. The smallest absolute Gasteiger partial charge is 0.210 e. The highest BCUT2D eigenvalue weighted by Crippen LogP contribution is 2.49. The molecule has 2 rings (SSSR count). The van der Waals surface area contributed by atoms with Gasteiger partial charge in [-0.2, -0.15) is 0 Å². The van der Waals surface area contributed by atoms with Crippen molar-refractivity contribution in [3.63, 3.8) is 0 Å². The van der Waals surface area contributed by atoms with Crippen molar-refractivity contribution >= 4 is 17.9 Å². The summed E-state index contributed by atoms with van der Waals surface area (Å²) in [6.07, 6.45) is 0. The van der Waals surface area contributed by atoms with Gasteiger partial charge >= 0.3 is 0 Å². The highest BCUT2D eigenvalue weighted by atomic mass is 31.2. The van der Waals surface area contributed by atoms with Crippen LogP contribution >= 0.6 is 7.29 Å². The SMILES string of the molecule is CCN(CC)P(=O)(c1ccc(C)cc1)c1ccccc1OC. The number of para-hydroxylation sites is 1. The van der Waals surface area contributed by atoms with Crippen molar-refractivity contribution in [2.45, 2.75) is 20.8 Å². The van der Waals surface area contributed by atoms with E-state index in [2.05, 4.69) is 0 Å². The summed E-state index contributed by atoms with van der Waals surface area (Å²) in [6, 6.07) is 15.6. The van der Waals surface area contributed by atoms with Crippen molar-refractivity contribution < 1.29 is 9.30 Å². The minimum absolute atomic E-state index is 0.679. The number of nitrogens with zero attached hydrogens (tertiary/aromatic N) is 1. The Morgan fingerprint density at radius 2 is 1.59 bits per heavy atom. The molecule has 0 aromatic heterocycles. The number of benzene rings is 2. The monoisotopic (exact) mass is 317 g/mol. The molecule has 0 bridgehead atoms. The molecular formula is C18H24NO2P. The van der Waals surface area contributed by atoms with Crippen molar-refractivity contribution in [1.29, 1.82) is 0 Å². The van der Waals surface area contributed by atoms with E-state index in [-0.39, 0.29) is 0 Å². The van der Waals surface area contributed by atoms with Gasteiger partial charge in [-0.15, -0.1) is 0 Å². The van der Waals surface area contributed by atoms with Crippen LogP contribution in [0.5, 0.6) is 5.75 Å². The molecule has 0 spiro atoms. The third-order valence-corrected chi connectivity index (χ3v) is 7.31. The first kappa shape index (κ1) is 16.8. The second-order valence-electron chi connectivity index (χ2n) is 5.22. The van der Waals surface area contributed by atoms with E-state index < -0.39 is 7.29 Å². The fraction of sp³-hybridized carbons (Fsp3) is 0.333. The molecule has 22 heavy (non-hydrogen) atoms. The van der Waals surface area contributed by atoms with Gasteiger partial charge in [0.2, 0.25) is 7.29 Å². The Morgan fingerprint density at radius 3 is 2.14 bits per heavy atom. The first-order valence-corrected chi connectivity index (χ1v) is 9.30. The lowest BCUT2D eigenvalue weighted by Gasteiger charge is -2.31. The van der Waals surface area contributed by atoms with Crippen LogP contribution in [0.1, 0.15) is 19.4 Å². The zero-order chi connectivity index (χ0) is 16.2. The van der Waals surface area contributed by atoms with Gasteiger partial charge in [0.25, 0.3) is 0 Å². The Hall–Kier alpha value is -1.57. The third-order valence-electron chi connectivity index (χ3n) is 3.92. The molecule has 0 saturated heterocycles. The Kier molecular flexibility index (Phi) is 5.44.